The van der Waals surface area contributed by atoms with E-state index in [1.165, 1.54) is 38.0 Å². The maximum Gasteiger partial charge on any atom is 0.195 e. The lowest BCUT2D eigenvalue weighted by atomic mass is 10.2. The standard InChI is InChI=1S/C15H20N2O/c1-2-3-6-15-16-13-11-12(7-8-14(13)18-15)17-9-4-5-10-17/h7-8,11H,2-6,9-10H2,1H3. The van der Waals surface area contributed by atoms with Crippen LogP contribution in [-0.4, -0.2) is 18.1 Å². The molecule has 1 aromatic carbocycles. The number of hydrogen-bond acceptors (Lipinski definition) is 3. The van der Waals surface area contributed by atoms with Crippen molar-refractivity contribution in [3.05, 3.63) is 24.1 Å². The van der Waals surface area contributed by atoms with Crippen LogP contribution in [0.1, 0.15) is 38.5 Å². The van der Waals surface area contributed by atoms with Crippen LogP contribution in [0.2, 0.25) is 0 Å². The maximum atomic E-state index is 5.76. The Morgan fingerprint density at radius 3 is 2.89 bits per heavy atom. The van der Waals surface area contributed by atoms with E-state index in [0.717, 1.165) is 29.8 Å². The number of rotatable bonds is 4. The minimum absolute atomic E-state index is 0.880. The molecule has 0 atom stereocenters. The fraction of sp³-hybridized carbons (Fsp3) is 0.533. The third-order valence-electron chi connectivity index (χ3n) is 3.63. The molecule has 96 valence electrons. The van der Waals surface area contributed by atoms with Crippen LogP contribution < -0.4 is 4.90 Å². The lowest BCUT2D eigenvalue weighted by Crippen LogP contribution is -2.17. The van der Waals surface area contributed by atoms with E-state index in [-0.39, 0.29) is 0 Å². The van der Waals surface area contributed by atoms with E-state index >= 15 is 0 Å². The number of aromatic nitrogens is 1. The first-order valence-corrected chi connectivity index (χ1v) is 7.01. The molecular weight excluding hydrogens is 224 g/mol. The Balaban J connectivity index is 1.86. The van der Waals surface area contributed by atoms with Crippen molar-refractivity contribution in [3.63, 3.8) is 0 Å². The molecule has 1 aliphatic rings. The second kappa shape index (κ2) is 5.01. The number of anilines is 1. The first kappa shape index (κ1) is 11.6. The van der Waals surface area contributed by atoms with Crippen molar-refractivity contribution in [2.75, 3.05) is 18.0 Å². The predicted molar refractivity (Wildman–Crippen MR) is 74.1 cm³/mol. The van der Waals surface area contributed by atoms with Crippen LogP contribution in [0.15, 0.2) is 22.6 Å². The number of hydrogen-bond donors (Lipinski definition) is 0. The summed E-state index contributed by atoms with van der Waals surface area (Å²) in [6.45, 7) is 4.53. The Kier molecular flexibility index (Phi) is 3.22. The van der Waals surface area contributed by atoms with E-state index in [4.69, 9.17) is 4.42 Å². The topological polar surface area (TPSA) is 29.3 Å². The van der Waals surface area contributed by atoms with Gasteiger partial charge in [-0.15, -0.1) is 0 Å². The normalized spacial score (nSPS) is 15.7. The second-order valence-electron chi connectivity index (χ2n) is 5.06. The van der Waals surface area contributed by atoms with Crippen molar-refractivity contribution >= 4 is 16.8 Å². The van der Waals surface area contributed by atoms with Gasteiger partial charge in [0.1, 0.15) is 5.52 Å². The highest BCUT2D eigenvalue weighted by atomic mass is 16.3. The molecule has 0 unspecified atom stereocenters. The van der Waals surface area contributed by atoms with Crippen LogP contribution >= 0.6 is 0 Å². The molecule has 0 spiro atoms. The quantitative estimate of drug-likeness (QED) is 0.819. The summed E-state index contributed by atoms with van der Waals surface area (Å²) in [5.74, 6) is 0.880. The van der Waals surface area contributed by atoms with Gasteiger partial charge < -0.3 is 9.32 Å². The van der Waals surface area contributed by atoms with E-state index < -0.39 is 0 Å². The summed E-state index contributed by atoms with van der Waals surface area (Å²) in [5.41, 5.74) is 3.21. The number of benzene rings is 1. The van der Waals surface area contributed by atoms with Crippen molar-refractivity contribution in [1.29, 1.82) is 0 Å². The summed E-state index contributed by atoms with van der Waals surface area (Å²) in [4.78, 5) is 7.02. The smallest absolute Gasteiger partial charge is 0.195 e. The zero-order valence-electron chi connectivity index (χ0n) is 11.0. The molecule has 0 N–H and O–H groups in total. The number of oxazole rings is 1. The van der Waals surface area contributed by atoms with Crippen LogP contribution in [-0.2, 0) is 6.42 Å². The van der Waals surface area contributed by atoms with Crippen LogP contribution in [0.5, 0.6) is 0 Å². The third-order valence-corrected chi connectivity index (χ3v) is 3.63. The molecule has 3 rings (SSSR count). The van der Waals surface area contributed by atoms with Gasteiger partial charge in [0.25, 0.3) is 0 Å². The van der Waals surface area contributed by atoms with Crippen LogP contribution in [0.4, 0.5) is 5.69 Å². The average molecular weight is 244 g/mol. The summed E-state index contributed by atoms with van der Waals surface area (Å²) >= 11 is 0. The summed E-state index contributed by atoms with van der Waals surface area (Å²) in [5, 5.41) is 0. The number of fused-ring (bicyclic) bond motifs is 1. The van der Waals surface area contributed by atoms with Gasteiger partial charge in [0.15, 0.2) is 11.5 Å². The fourth-order valence-electron chi connectivity index (χ4n) is 2.57. The van der Waals surface area contributed by atoms with Crippen molar-refractivity contribution in [1.82, 2.24) is 4.98 Å². The van der Waals surface area contributed by atoms with E-state index in [9.17, 15) is 0 Å². The summed E-state index contributed by atoms with van der Waals surface area (Å²) < 4.78 is 5.76. The largest absolute Gasteiger partial charge is 0.441 e. The van der Waals surface area contributed by atoms with E-state index in [1.54, 1.807) is 0 Å². The molecule has 18 heavy (non-hydrogen) atoms. The molecular formula is C15H20N2O. The van der Waals surface area contributed by atoms with Gasteiger partial charge in [0.05, 0.1) is 0 Å². The molecule has 0 aliphatic carbocycles. The molecule has 2 heterocycles. The minimum Gasteiger partial charge on any atom is -0.441 e. The lowest BCUT2D eigenvalue weighted by molar-refractivity contribution is 0.517. The highest BCUT2D eigenvalue weighted by molar-refractivity contribution is 5.77. The summed E-state index contributed by atoms with van der Waals surface area (Å²) in [7, 11) is 0. The SMILES string of the molecule is CCCCc1nc2cc(N3CCCC3)ccc2o1. The molecule has 1 aromatic heterocycles. The van der Waals surface area contributed by atoms with Gasteiger partial charge in [-0.25, -0.2) is 4.98 Å². The van der Waals surface area contributed by atoms with Gasteiger partial charge in [0.2, 0.25) is 0 Å². The first-order valence-electron chi connectivity index (χ1n) is 7.01. The second-order valence-corrected chi connectivity index (χ2v) is 5.06. The molecule has 2 aromatic rings. The predicted octanol–water partition coefficient (Wildman–Crippen LogP) is 3.77. The highest BCUT2D eigenvalue weighted by Gasteiger charge is 2.14. The first-order chi connectivity index (χ1) is 8.86. The number of unbranched alkanes of at least 4 members (excludes halogenated alkanes) is 1. The molecule has 0 bridgehead atoms. The molecule has 1 saturated heterocycles. The van der Waals surface area contributed by atoms with Gasteiger partial charge in [-0.2, -0.15) is 0 Å². The fourth-order valence-corrected chi connectivity index (χ4v) is 2.57. The molecule has 0 radical (unpaired) electrons. The Bertz CT molecular complexity index is 526. The Labute approximate surface area is 108 Å². The zero-order valence-corrected chi connectivity index (χ0v) is 11.0. The monoisotopic (exact) mass is 244 g/mol. The van der Waals surface area contributed by atoms with Gasteiger partial charge in [0, 0.05) is 25.2 Å². The number of aryl methyl sites for hydroxylation is 1. The lowest BCUT2D eigenvalue weighted by Gasteiger charge is -2.16. The van der Waals surface area contributed by atoms with Gasteiger partial charge >= 0.3 is 0 Å². The van der Waals surface area contributed by atoms with Crippen molar-refractivity contribution in [2.45, 2.75) is 39.0 Å². The number of nitrogens with zero attached hydrogens (tertiary/aromatic N) is 2. The molecule has 3 nitrogen and oxygen atoms in total. The van der Waals surface area contributed by atoms with Gasteiger partial charge in [-0.3, -0.25) is 0 Å². The average Bonchev–Trinajstić information content (AvgIpc) is 3.03. The minimum atomic E-state index is 0.880. The Morgan fingerprint density at radius 2 is 2.11 bits per heavy atom. The Hall–Kier alpha value is -1.51. The van der Waals surface area contributed by atoms with Crippen LogP contribution in [0.25, 0.3) is 11.1 Å². The third kappa shape index (κ3) is 2.22. The molecule has 0 amide bonds. The van der Waals surface area contributed by atoms with E-state index in [1.807, 2.05) is 0 Å². The van der Waals surface area contributed by atoms with E-state index in [2.05, 4.69) is 35.0 Å². The highest BCUT2D eigenvalue weighted by Crippen LogP contribution is 2.25. The zero-order chi connectivity index (χ0) is 12.4. The van der Waals surface area contributed by atoms with Crippen LogP contribution in [0.3, 0.4) is 0 Å². The summed E-state index contributed by atoms with van der Waals surface area (Å²) in [6, 6.07) is 6.38. The maximum absolute atomic E-state index is 5.76. The molecule has 1 fully saturated rings. The van der Waals surface area contributed by atoms with Gasteiger partial charge in [-0.1, -0.05) is 13.3 Å². The molecule has 1 aliphatic heterocycles. The van der Waals surface area contributed by atoms with Crippen molar-refractivity contribution in [2.24, 2.45) is 0 Å². The van der Waals surface area contributed by atoms with Crippen molar-refractivity contribution < 1.29 is 4.42 Å². The summed E-state index contributed by atoms with van der Waals surface area (Å²) in [6.07, 6.45) is 5.88. The van der Waals surface area contributed by atoms with Gasteiger partial charge in [-0.05, 0) is 37.5 Å². The van der Waals surface area contributed by atoms with Crippen molar-refractivity contribution in [3.8, 4) is 0 Å². The van der Waals surface area contributed by atoms with Crippen LogP contribution in [0, 0.1) is 0 Å². The molecule has 3 heteroatoms. The van der Waals surface area contributed by atoms with E-state index in [0.29, 0.717) is 0 Å². The Morgan fingerprint density at radius 1 is 1.28 bits per heavy atom. The molecule has 0 saturated carbocycles.